The minimum absolute atomic E-state index is 0. The molecule has 0 radical (unpaired) electrons. The zero-order chi connectivity index (χ0) is 20.0. The number of hydrogen-bond acceptors (Lipinski definition) is 5. The molecule has 2 rings (SSSR count). The molecule has 28 heavy (non-hydrogen) atoms. The Morgan fingerprint density at radius 2 is 1.82 bits per heavy atom. The second-order valence-electron chi connectivity index (χ2n) is 8.89. The van der Waals surface area contributed by atoms with E-state index in [0.717, 1.165) is 45.2 Å². The highest BCUT2D eigenvalue weighted by Gasteiger charge is 2.34. The fourth-order valence-electron chi connectivity index (χ4n) is 3.24. The first kappa shape index (κ1) is 25.2. The van der Waals surface area contributed by atoms with Gasteiger partial charge in [0.2, 0.25) is 0 Å². The van der Waals surface area contributed by atoms with Crippen LogP contribution in [0.2, 0.25) is 0 Å². The Labute approximate surface area is 187 Å². The van der Waals surface area contributed by atoms with Crippen LogP contribution in [0.15, 0.2) is 4.99 Å². The fourth-order valence-corrected chi connectivity index (χ4v) is 3.24. The van der Waals surface area contributed by atoms with Crippen molar-refractivity contribution in [1.29, 1.82) is 0 Å². The Kier molecular flexibility index (Phi) is 10.3. The molecule has 0 aromatic rings. The van der Waals surface area contributed by atoms with Gasteiger partial charge in [0.1, 0.15) is 5.60 Å². The number of carbonyl (C=O) groups is 1. The van der Waals surface area contributed by atoms with Gasteiger partial charge in [-0.2, -0.15) is 0 Å². The summed E-state index contributed by atoms with van der Waals surface area (Å²) in [4.78, 5) is 22.9. The van der Waals surface area contributed by atoms with E-state index >= 15 is 0 Å². The number of nitrogens with zero attached hydrogens (tertiary/aromatic N) is 4. The molecule has 1 unspecified atom stereocenters. The molecule has 0 saturated carbocycles. The van der Waals surface area contributed by atoms with Gasteiger partial charge in [0, 0.05) is 59.4 Å². The molecular weight excluding hydrogens is 471 g/mol. The summed E-state index contributed by atoms with van der Waals surface area (Å²) in [6.45, 7) is 15.8. The summed E-state index contributed by atoms with van der Waals surface area (Å²) >= 11 is 0. The fraction of sp³-hybridized carbons (Fsp3) is 0.895. The minimum Gasteiger partial charge on any atom is -0.444 e. The van der Waals surface area contributed by atoms with Crippen LogP contribution in [0.3, 0.4) is 0 Å². The summed E-state index contributed by atoms with van der Waals surface area (Å²) in [5.74, 6) is 1.35. The Morgan fingerprint density at radius 1 is 1.21 bits per heavy atom. The second-order valence-corrected chi connectivity index (χ2v) is 8.89. The van der Waals surface area contributed by atoms with Crippen molar-refractivity contribution in [3.8, 4) is 0 Å². The van der Waals surface area contributed by atoms with Crippen LogP contribution in [0.25, 0.3) is 0 Å². The van der Waals surface area contributed by atoms with E-state index in [2.05, 4.69) is 39.4 Å². The predicted octanol–water partition coefficient (Wildman–Crippen LogP) is 1.27. The van der Waals surface area contributed by atoms with Crippen molar-refractivity contribution in [2.75, 3.05) is 66.5 Å². The van der Waals surface area contributed by atoms with Crippen molar-refractivity contribution >= 4 is 36.0 Å². The van der Waals surface area contributed by atoms with E-state index in [1.54, 1.807) is 11.9 Å². The van der Waals surface area contributed by atoms with Gasteiger partial charge in [-0.1, -0.05) is 6.92 Å². The highest BCUT2D eigenvalue weighted by Crippen LogP contribution is 2.15. The van der Waals surface area contributed by atoms with Gasteiger partial charge in [-0.05, 0) is 33.7 Å². The predicted molar refractivity (Wildman–Crippen MR) is 125 cm³/mol. The lowest BCUT2D eigenvalue weighted by Crippen LogP contribution is -2.63. The largest absolute Gasteiger partial charge is 0.444 e. The van der Waals surface area contributed by atoms with E-state index in [1.807, 2.05) is 20.8 Å². The Balaban J connectivity index is 0.00000392. The zero-order valence-electron chi connectivity index (χ0n) is 18.3. The molecule has 2 fully saturated rings. The third-order valence-corrected chi connectivity index (χ3v) is 4.88. The van der Waals surface area contributed by atoms with E-state index in [-0.39, 0.29) is 36.1 Å². The SMILES string of the molecule is CN=C(NCC(C)CN1CCN(C)CC1)NC1CN(C(=O)OC(C)(C)C)C1.I. The average Bonchev–Trinajstić information content (AvgIpc) is 2.53. The number of aliphatic imine (C=N–C) groups is 1. The molecule has 0 aromatic carbocycles. The van der Waals surface area contributed by atoms with E-state index in [9.17, 15) is 4.79 Å². The first-order valence-corrected chi connectivity index (χ1v) is 10.0. The number of carbonyl (C=O) groups excluding carboxylic acids is 1. The third-order valence-electron chi connectivity index (χ3n) is 4.88. The molecule has 0 aliphatic carbocycles. The maximum absolute atomic E-state index is 12.0. The summed E-state index contributed by atoms with van der Waals surface area (Å²) in [7, 11) is 3.97. The van der Waals surface area contributed by atoms with Crippen molar-refractivity contribution in [3.63, 3.8) is 0 Å². The first-order chi connectivity index (χ1) is 12.7. The van der Waals surface area contributed by atoms with Gasteiger partial charge in [-0.3, -0.25) is 4.99 Å². The van der Waals surface area contributed by atoms with Crippen LogP contribution in [0.1, 0.15) is 27.7 Å². The number of rotatable bonds is 5. The number of nitrogens with one attached hydrogen (secondary N) is 2. The number of halogens is 1. The Hall–Kier alpha value is -0.810. The van der Waals surface area contributed by atoms with Crippen molar-refractivity contribution in [2.24, 2.45) is 10.9 Å². The lowest BCUT2D eigenvalue weighted by atomic mass is 10.1. The molecule has 1 atom stereocenters. The van der Waals surface area contributed by atoms with Crippen molar-refractivity contribution in [3.05, 3.63) is 0 Å². The molecule has 2 heterocycles. The van der Waals surface area contributed by atoms with Gasteiger partial charge in [-0.25, -0.2) is 4.79 Å². The molecule has 0 aromatic heterocycles. The van der Waals surface area contributed by atoms with Crippen LogP contribution < -0.4 is 10.6 Å². The normalized spacial score (nSPS) is 20.8. The standard InChI is InChI=1S/C19H38N6O2.HI/c1-15(12-24-9-7-23(6)8-10-24)11-21-17(20-5)22-16-13-25(14-16)18(26)27-19(2,3)4;/h15-16H,7-14H2,1-6H3,(H2,20,21,22);1H. The van der Waals surface area contributed by atoms with Gasteiger partial charge >= 0.3 is 6.09 Å². The van der Waals surface area contributed by atoms with E-state index in [4.69, 9.17) is 4.74 Å². The first-order valence-electron chi connectivity index (χ1n) is 10.0. The van der Waals surface area contributed by atoms with Crippen molar-refractivity contribution < 1.29 is 9.53 Å². The topological polar surface area (TPSA) is 72.4 Å². The molecule has 0 spiro atoms. The maximum Gasteiger partial charge on any atom is 0.410 e. The maximum atomic E-state index is 12.0. The molecule has 2 aliphatic heterocycles. The van der Waals surface area contributed by atoms with Crippen LogP contribution in [0, 0.1) is 5.92 Å². The molecule has 8 nitrogen and oxygen atoms in total. The van der Waals surface area contributed by atoms with Gasteiger partial charge in [0.05, 0.1) is 6.04 Å². The van der Waals surface area contributed by atoms with Crippen LogP contribution in [0.4, 0.5) is 4.79 Å². The summed E-state index contributed by atoms with van der Waals surface area (Å²) in [5, 5.41) is 6.80. The molecule has 9 heteroatoms. The number of ether oxygens (including phenoxy) is 1. The van der Waals surface area contributed by atoms with E-state index in [0.29, 0.717) is 19.0 Å². The lowest BCUT2D eigenvalue weighted by molar-refractivity contribution is 0.00700. The van der Waals surface area contributed by atoms with Crippen LogP contribution in [-0.2, 0) is 4.74 Å². The lowest BCUT2D eigenvalue weighted by Gasteiger charge is -2.40. The molecule has 2 N–H and O–H groups in total. The van der Waals surface area contributed by atoms with Gasteiger partial charge in [-0.15, -0.1) is 24.0 Å². The molecule has 164 valence electrons. The van der Waals surface area contributed by atoms with Gasteiger partial charge < -0.3 is 30.1 Å². The zero-order valence-corrected chi connectivity index (χ0v) is 20.7. The Bertz CT molecular complexity index is 511. The highest BCUT2D eigenvalue weighted by atomic mass is 127. The number of guanidine groups is 1. The van der Waals surface area contributed by atoms with Gasteiger partial charge in [0.25, 0.3) is 0 Å². The van der Waals surface area contributed by atoms with E-state index < -0.39 is 5.60 Å². The number of amides is 1. The molecule has 0 bridgehead atoms. The van der Waals surface area contributed by atoms with Crippen LogP contribution in [0.5, 0.6) is 0 Å². The average molecular weight is 510 g/mol. The summed E-state index contributed by atoms with van der Waals surface area (Å²) in [5.41, 5.74) is -0.451. The summed E-state index contributed by atoms with van der Waals surface area (Å²) < 4.78 is 5.38. The third kappa shape index (κ3) is 8.69. The number of likely N-dealkylation sites (tertiary alicyclic amines) is 1. The number of likely N-dealkylation sites (N-methyl/N-ethyl adjacent to an activating group) is 1. The smallest absolute Gasteiger partial charge is 0.410 e. The quantitative estimate of drug-likeness (QED) is 0.330. The molecule has 1 amide bonds. The van der Waals surface area contributed by atoms with Gasteiger partial charge in [0.15, 0.2) is 5.96 Å². The minimum atomic E-state index is -0.451. The van der Waals surface area contributed by atoms with Crippen molar-refractivity contribution in [1.82, 2.24) is 25.3 Å². The van der Waals surface area contributed by atoms with Crippen molar-refractivity contribution in [2.45, 2.75) is 39.3 Å². The van der Waals surface area contributed by atoms with Crippen LogP contribution >= 0.6 is 24.0 Å². The summed E-state index contributed by atoms with van der Waals surface area (Å²) in [6.07, 6.45) is -0.246. The monoisotopic (exact) mass is 510 g/mol. The molecule has 2 aliphatic rings. The number of hydrogen-bond donors (Lipinski definition) is 2. The van der Waals surface area contributed by atoms with E-state index in [1.165, 1.54) is 0 Å². The van der Waals surface area contributed by atoms with Crippen LogP contribution in [-0.4, -0.2) is 105 Å². The Morgan fingerprint density at radius 3 is 2.36 bits per heavy atom. The second kappa shape index (κ2) is 11.4. The number of piperazine rings is 1. The summed E-state index contributed by atoms with van der Waals surface area (Å²) in [6, 6.07) is 0.219. The highest BCUT2D eigenvalue weighted by molar-refractivity contribution is 14.0. The molecule has 2 saturated heterocycles. The molecular formula is C19H39IN6O2.